The Morgan fingerprint density at radius 2 is 2.04 bits per heavy atom. The smallest absolute Gasteiger partial charge is 0.253 e. The Kier molecular flexibility index (Phi) is 4.78. The van der Waals surface area contributed by atoms with Gasteiger partial charge >= 0.3 is 0 Å². The third-order valence-corrected chi connectivity index (χ3v) is 5.65. The molecule has 0 bridgehead atoms. The van der Waals surface area contributed by atoms with Crippen molar-refractivity contribution >= 4 is 5.91 Å². The van der Waals surface area contributed by atoms with Gasteiger partial charge in [-0.05, 0) is 56.0 Å². The molecule has 2 saturated heterocycles. The van der Waals surface area contributed by atoms with E-state index in [1.165, 1.54) is 0 Å². The number of ether oxygens (including phenoxy) is 2. The second-order valence-corrected chi connectivity index (χ2v) is 7.07. The third kappa shape index (κ3) is 3.15. The summed E-state index contributed by atoms with van der Waals surface area (Å²) in [7, 11) is 1.76. The molecule has 0 aliphatic carbocycles. The minimum Gasteiger partial charge on any atom is -0.378 e. The molecule has 6 heteroatoms. The van der Waals surface area contributed by atoms with Crippen LogP contribution in [-0.2, 0) is 9.47 Å². The number of piperidine rings is 1. The normalized spacial score (nSPS) is 22.5. The summed E-state index contributed by atoms with van der Waals surface area (Å²) in [5, 5.41) is 4.21. The highest BCUT2D eigenvalue weighted by Gasteiger charge is 2.45. The van der Waals surface area contributed by atoms with Crippen LogP contribution in [0, 0.1) is 0 Å². The van der Waals surface area contributed by atoms with E-state index in [4.69, 9.17) is 9.47 Å². The monoisotopic (exact) mass is 355 g/mol. The van der Waals surface area contributed by atoms with Gasteiger partial charge in [0.2, 0.25) is 0 Å². The molecule has 138 valence electrons. The van der Waals surface area contributed by atoms with Crippen LogP contribution in [0.5, 0.6) is 0 Å². The van der Waals surface area contributed by atoms with Crippen LogP contribution >= 0.6 is 0 Å². The van der Waals surface area contributed by atoms with E-state index in [2.05, 4.69) is 5.10 Å². The van der Waals surface area contributed by atoms with Gasteiger partial charge in [0, 0.05) is 44.8 Å². The third-order valence-electron chi connectivity index (χ3n) is 5.65. The number of carbonyl (C=O) groups is 1. The maximum atomic E-state index is 12.9. The molecule has 2 aliphatic rings. The molecule has 6 nitrogen and oxygen atoms in total. The zero-order valence-electron chi connectivity index (χ0n) is 15.1. The van der Waals surface area contributed by atoms with Crippen LogP contribution in [0.4, 0.5) is 0 Å². The van der Waals surface area contributed by atoms with Crippen molar-refractivity contribution in [2.45, 2.75) is 37.4 Å². The summed E-state index contributed by atoms with van der Waals surface area (Å²) in [4.78, 5) is 14.8. The Bertz CT molecular complexity index is 734. The van der Waals surface area contributed by atoms with Gasteiger partial charge in [-0.1, -0.05) is 0 Å². The number of benzene rings is 1. The molecule has 4 rings (SSSR count). The summed E-state index contributed by atoms with van der Waals surface area (Å²) >= 11 is 0. The molecule has 1 spiro atoms. The molecule has 2 aliphatic heterocycles. The van der Waals surface area contributed by atoms with Crippen LogP contribution in [0.3, 0.4) is 0 Å². The van der Waals surface area contributed by atoms with Crippen molar-refractivity contribution < 1.29 is 14.3 Å². The van der Waals surface area contributed by atoms with Crippen molar-refractivity contribution in [1.82, 2.24) is 14.7 Å². The Hall–Kier alpha value is -2.18. The molecule has 1 unspecified atom stereocenters. The summed E-state index contributed by atoms with van der Waals surface area (Å²) in [6.07, 6.45) is 7.53. The summed E-state index contributed by atoms with van der Waals surface area (Å²) in [6.45, 7) is 2.21. The number of hydrogen-bond acceptors (Lipinski definition) is 4. The number of amides is 1. The molecule has 0 N–H and O–H groups in total. The lowest BCUT2D eigenvalue weighted by molar-refractivity contribution is -0.183. The van der Waals surface area contributed by atoms with Crippen molar-refractivity contribution in [3.63, 3.8) is 0 Å². The zero-order valence-corrected chi connectivity index (χ0v) is 15.1. The fourth-order valence-corrected chi connectivity index (χ4v) is 4.15. The van der Waals surface area contributed by atoms with E-state index >= 15 is 0 Å². The van der Waals surface area contributed by atoms with E-state index in [9.17, 15) is 4.79 Å². The van der Waals surface area contributed by atoms with Crippen LogP contribution in [0.2, 0.25) is 0 Å². The standard InChI is InChI=1S/C20H25N3O3/c1-25-18-4-2-15-26-20(18)9-13-22(14-10-20)19(24)16-5-7-17(8-6-16)23-12-3-11-21-23/h3,5-8,11-12,18H,2,4,9-10,13-15H2,1H3. The Balaban J connectivity index is 1.42. The number of carbonyl (C=O) groups excluding carboxylic acids is 1. The van der Waals surface area contributed by atoms with Gasteiger partial charge in [0.1, 0.15) is 0 Å². The molecule has 0 saturated carbocycles. The van der Waals surface area contributed by atoms with E-state index in [1.807, 2.05) is 41.4 Å². The predicted octanol–water partition coefficient (Wildman–Crippen LogP) is 2.67. The highest BCUT2D eigenvalue weighted by atomic mass is 16.5. The second-order valence-electron chi connectivity index (χ2n) is 7.07. The Morgan fingerprint density at radius 3 is 2.69 bits per heavy atom. The van der Waals surface area contributed by atoms with Crippen molar-refractivity contribution in [2.75, 3.05) is 26.8 Å². The van der Waals surface area contributed by atoms with Crippen molar-refractivity contribution in [1.29, 1.82) is 0 Å². The molecular weight excluding hydrogens is 330 g/mol. The lowest BCUT2D eigenvalue weighted by Gasteiger charge is -2.48. The summed E-state index contributed by atoms with van der Waals surface area (Å²) in [6, 6.07) is 9.48. The topological polar surface area (TPSA) is 56.6 Å². The van der Waals surface area contributed by atoms with Crippen LogP contribution in [-0.4, -0.2) is 59.1 Å². The average Bonchev–Trinajstić information content (AvgIpc) is 3.23. The first-order valence-electron chi connectivity index (χ1n) is 9.28. The molecule has 26 heavy (non-hydrogen) atoms. The van der Waals surface area contributed by atoms with Crippen LogP contribution in [0.1, 0.15) is 36.0 Å². The number of methoxy groups -OCH3 is 1. The maximum Gasteiger partial charge on any atom is 0.253 e. The molecular formula is C20H25N3O3. The average molecular weight is 355 g/mol. The van der Waals surface area contributed by atoms with Crippen molar-refractivity contribution in [3.8, 4) is 5.69 Å². The molecule has 1 amide bonds. The SMILES string of the molecule is COC1CCCOC12CCN(C(=O)c1ccc(-n3cccn3)cc1)CC2. The Morgan fingerprint density at radius 1 is 1.27 bits per heavy atom. The van der Waals surface area contributed by atoms with Crippen molar-refractivity contribution in [3.05, 3.63) is 48.3 Å². The van der Waals surface area contributed by atoms with E-state index < -0.39 is 0 Å². The molecule has 1 aromatic carbocycles. The van der Waals surface area contributed by atoms with Gasteiger partial charge in [-0.3, -0.25) is 4.79 Å². The zero-order chi connectivity index (χ0) is 18.0. The molecule has 2 fully saturated rings. The lowest BCUT2D eigenvalue weighted by Crippen LogP contribution is -2.56. The summed E-state index contributed by atoms with van der Waals surface area (Å²) in [5.41, 5.74) is 1.45. The molecule has 1 aromatic heterocycles. The van der Waals surface area contributed by atoms with Crippen molar-refractivity contribution in [2.24, 2.45) is 0 Å². The fraction of sp³-hybridized carbons (Fsp3) is 0.500. The first-order valence-corrected chi connectivity index (χ1v) is 9.28. The van der Waals surface area contributed by atoms with E-state index in [0.29, 0.717) is 18.7 Å². The maximum absolute atomic E-state index is 12.9. The van der Waals surface area contributed by atoms with E-state index in [1.54, 1.807) is 18.0 Å². The minimum atomic E-state index is -0.215. The molecule has 3 heterocycles. The van der Waals surface area contributed by atoms with Gasteiger partial charge < -0.3 is 14.4 Å². The predicted molar refractivity (Wildman–Crippen MR) is 97.4 cm³/mol. The minimum absolute atomic E-state index is 0.0802. The van der Waals surface area contributed by atoms with Gasteiger partial charge in [0.05, 0.1) is 17.4 Å². The Labute approximate surface area is 153 Å². The van der Waals surface area contributed by atoms with Gasteiger partial charge in [-0.25, -0.2) is 4.68 Å². The highest BCUT2D eigenvalue weighted by molar-refractivity contribution is 5.94. The number of hydrogen-bond donors (Lipinski definition) is 0. The molecule has 2 aromatic rings. The highest BCUT2D eigenvalue weighted by Crippen LogP contribution is 2.37. The molecule has 0 radical (unpaired) electrons. The van der Waals surface area contributed by atoms with Crippen LogP contribution in [0.25, 0.3) is 5.69 Å². The molecule has 1 atom stereocenters. The first kappa shape index (κ1) is 17.2. The number of nitrogens with zero attached hydrogens (tertiary/aromatic N) is 3. The van der Waals surface area contributed by atoms with Gasteiger partial charge in [0.15, 0.2) is 0 Å². The first-order chi connectivity index (χ1) is 12.7. The van der Waals surface area contributed by atoms with Crippen LogP contribution < -0.4 is 0 Å². The number of aromatic nitrogens is 2. The summed E-state index contributed by atoms with van der Waals surface area (Å²) < 4.78 is 13.6. The van der Waals surface area contributed by atoms with Crippen LogP contribution in [0.15, 0.2) is 42.7 Å². The summed E-state index contributed by atoms with van der Waals surface area (Å²) in [5.74, 6) is 0.0802. The fourth-order valence-electron chi connectivity index (χ4n) is 4.15. The number of likely N-dealkylation sites (tertiary alicyclic amines) is 1. The van der Waals surface area contributed by atoms with Gasteiger partial charge in [-0.15, -0.1) is 0 Å². The second kappa shape index (κ2) is 7.21. The lowest BCUT2D eigenvalue weighted by atomic mass is 9.81. The largest absolute Gasteiger partial charge is 0.378 e. The quantitative estimate of drug-likeness (QED) is 0.849. The van der Waals surface area contributed by atoms with Gasteiger partial charge in [0.25, 0.3) is 5.91 Å². The number of rotatable bonds is 3. The van der Waals surface area contributed by atoms with E-state index in [-0.39, 0.29) is 17.6 Å². The van der Waals surface area contributed by atoms with E-state index in [0.717, 1.165) is 38.0 Å². The van der Waals surface area contributed by atoms with Gasteiger partial charge in [-0.2, -0.15) is 5.10 Å².